The van der Waals surface area contributed by atoms with Gasteiger partial charge in [0.1, 0.15) is 0 Å². The number of hydrogen-bond acceptors (Lipinski definition) is 2. The third kappa shape index (κ3) is 4.36. The van der Waals surface area contributed by atoms with Crippen molar-refractivity contribution < 1.29 is 9.53 Å². The molecule has 1 radical (unpaired) electrons. The zero-order valence-electron chi connectivity index (χ0n) is 6.72. The average molecular weight is 143 g/mol. The van der Waals surface area contributed by atoms with Crippen molar-refractivity contribution in [2.75, 3.05) is 0 Å². The van der Waals surface area contributed by atoms with Crippen LogP contribution < -0.4 is 0 Å². The second kappa shape index (κ2) is 5.27. The second-order valence-corrected chi connectivity index (χ2v) is 2.31. The van der Waals surface area contributed by atoms with E-state index < -0.39 is 0 Å². The molecule has 0 heterocycles. The Morgan fingerprint density at radius 2 is 2.30 bits per heavy atom. The Kier molecular flexibility index (Phi) is 4.99. The molecule has 2 nitrogen and oxygen atoms in total. The first-order valence-electron chi connectivity index (χ1n) is 3.69. The summed E-state index contributed by atoms with van der Waals surface area (Å²) in [5.41, 5.74) is 0. The molecule has 0 bridgehead atoms. The summed E-state index contributed by atoms with van der Waals surface area (Å²) in [4.78, 5) is 10.8. The summed E-state index contributed by atoms with van der Waals surface area (Å²) >= 11 is 0. The molecule has 2 heteroatoms. The van der Waals surface area contributed by atoms with E-state index in [4.69, 9.17) is 4.74 Å². The van der Waals surface area contributed by atoms with Gasteiger partial charge in [-0.2, -0.15) is 0 Å². The minimum atomic E-state index is -0.135. The van der Waals surface area contributed by atoms with Crippen LogP contribution in [-0.2, 0) is 9.53 Å². The zero-order valence-corrected chi connectivity index (χ0v) is 6.72. The van der Waals surface area contributed by atoms with Crippen molar-refractivity contribution >= 4 is 5.97 Å². The quantitative estimate of drug-likeness (QED) is 0.562. The molecule has 0 aliphatic carbocycles. The summed E-state index contributed by atoms with van der Waals surface area (Å²) in [6, 6.07) is 0. The molecule has 0 aliphatic rings. The van der Waals surface area contributed by atoms with Crippen LogP contribution in [0.3, 0.4) is 0 Å². The van der Waals surface area contributed by atoms with Crippen LogP contribution in [-0.4, -0.2) is 12.1 Å². The van der Waals surface area contributed by atoms with E-state index in [-0.39, 0.29) is 12.1 Å². The maximum Gasteiger partial charge on any atom is 0.306 e. The van der Waals surface area contributed by atoms with Crippen molar-refractivity contribution in [1.82, 2.24) is 0 Å². The first kappa shape index (κ1) is 9.47. The lowest BCUT2D eigenvalue weighted by molar-refractivity contribution is -0.148. The molecule has 10 heavy (non-hydrogen) atoms. The average Bonchev–Trinajstić information content (AvgIpc) is 1.88. The summed E-state index contributed by atoms with van der Waals surface area (Å²) in [5.74, 6) is -0.135. The highest BCUT2D eigenvalue weighted by Crippen LogP contribution is 1.99. The monoisotopic (exact) mass is 143 g/mol. The van der Waals surface area contributed by atoms with Gasteiger partial charge in [0, 0.05) is 6.42 Å². The normalized spacial score (nSPS) is 12.7. The van der Waals surface area contributed by atoms with Gasteiger partial charge in [0.25, 0.3) is 0 Å². The molecule has 1 atom stereocenters. The van der Waals surface area contributed by atoms with Crippen LogP contribution in [0.1, 0.15) is 33.1 Å². The molecule has 0 aromatic rings. The topological polar surface area (TPSA) is 26.3 Å². The first-order chi connectivity index (χ1) is 4.70. The van der Waals surface area contributed by atoms with E-state index in [1.54, 1.807) is 0 Å². The van der Waals surface area contributed by atoms with Gasteiger partial charge in [0.15, 0.2) is 0 Å². The van der Waals surface area contributed by atoms with Crippen molar-refractivity contribution in [2.24, 2.45) is 0 Å². The van der Waals surface area contributed by atoms with Gasteiger partial charge in [-0.1, -0.05) is 13.8 Å². The van der Waals surface area contributed by atoms with Crippen LogP contribution in [0.15, 0.2) is 0 Å². The highest BCUT2D eigenvalue weighted by molar-refractivity contribution is 5.69. The van der Waals surface area contributed by atoms with Crippen molar-refractivity contribution in [3.8, 4) is 0 Å². The number of rotatable bonds is 4. The third-order valence-corrected chi connectivity index (χ3v) is 1.29. The summed E-state index contributed by atoms with van der Waals surface area (Å²) in [6.07, 6.45) is 1.99. The largest absolute Gasteiger partial charge is 0.463 e. The van der Waals surface area contributed by atoms with E-state index >= 15 is 0 Å². The van der Waals surface area contributed by atoms with E-state index in [1.165, 1.54) is 0 Å². The van der Waals surface area contributed by atoms with E-state index in [9.17, 15) is 4.79 Å². The number of hydrogen-bond donors (Lipinski definition) is 0. The van der Waals surface area contributed by atoms with Crippen molar-refractivity contribution in [3.05, 3.63) is 6.92 Å². The molecular formula is C8H15O2. The van der Waals surface area contributed by atoms with Crippen LogP contribution in [0.4, 0.5) is 0 Å². The van der Waals surface area contributed by atoms with Crippen molar-refractivity contribution in [2.45, 2.75) is 39.2 Å². The van der Waals surface area contributed by atoms with Gasteiger partial charge in [-0.05, 0) is 19.8 Å². The molecule has 1 unspecified atom stereocenters. The maximum absolute atomic E-state index is 10.8. The fraction of sp³-hybridized carbons (Fsp3) is 0.750. The van der Waals surface area contributed by atoms with E-state index in [0.29, 0.717) is 12.8 Å². The fourth-order valence-electron chi connectivity index (χ4n) is 0.511. The Bertz CT molecular complexity index is 99.4. The van der Waals surface area contributed by atoms with Crippen LogP contribution in [0.2, 0.25) is 0 Å². The van der Waals surface area contributed by atoms with Crippen molar-refractivity contribution in [3.63, 3.8) is 0 Å². The van der Waals surface area contributed by atoms with Crippen LogP contribution in [0.25, 0.3) is 0 Å². The van der Waals surface area contributed by atoms with Gasteiger partial charge in [-0.25, -0.2) is 0 Å². The molecular weight excluding hydrogens is 128 g/mol. The smallest absolute Gasteiger partial charge is 0.306 e. The Hall–Kier alpha value is -0.530. The minimum absolute atomic E-state index is 0.0547. The van der Waals surface area contributed by atoms with Gasteiger partial charge in [-0.15, -0.1) is 0 Å². The number of carbonyl (C=O) groups is 1. The van der Waals surface area contributed by atoms with Crippen LogP contribution in [0, 0.1) is 6.92 Å². The second-order valence-electron chi connectivity index (χ2n) is 2.31. The number of ether oxygens (including phenoxy) is 1. The van der Waals surface area contributed by atoms with Gasteiger partial charge in [0.05, 0.1) is 6.10 Å². The maximum atomic E-state index is 10.8. The predicted molar refractivity (Wildman–Crippen MR) is 40.4 cm³/mol. The third-order valence-electron chi connectivity index (χ3n) is 1.29. The Balaban J connectivity index is 3.37. The van der Waals surface area contributed by atoms with Gasteiger partial charge < -0.3 is 4.74 Å². The lowest BCUT2D eigenvalue weighted by atomic mass is 10.3. The molecule has 0 N–H and O–H groups in total. The predicted octanol–water partition coefficient (Wildman–Crippen LogP) is 1.94. The molecule has 0 fully saturated rings. The Morgan fingerprint density at radius 1 is 1.70 bits per heavy atom. The van der Waals surface area contributed by atoms with Gasteiger partial charge >= 0.3 is 5.97 Å². The van der Waals surface area contributed by atoms with Crippen LogP contribution in [0.5, 0.6) is 0 Å². The Morgan fingerprint density at radius 3 is 2.70 bits per heavy atom. The number of esters is 1. The molecule has 0 amide bonds. The molecule has 0 aromatic carbocycles. The number of carbonyl (C=O) groups excluding carboxylic acids is 1. The van der Waals surface area contributed by atoms with E-state index in [1.807, 2.05) is 13.8 Å². The van der Waals surface area contributed by atoms with Gasteiger partial charge in [0.2, 0.25) is 0 Å². The lowest BCUT2D eigenvalue weighted by Crippen LogP contribution is -2.13. The summed E-state index contributed by atoms with van der Waals surface area (Å²) < 4.78 is 4.96. The lowest BCUT2D eigenvalue weighted by Gasteiger charge is -2.09. The van der Waals surface area contributed by atoms with Crippen molar-refractivity contribution in [1.29, 1.82) is 0 Å². The van der Waals surface area contributed by atoms with Gasteiger partial charge in [-0.3, -0.25) is 4.79 Å². The molecule has 0 saturated heterocycles. The van der Waals surface area contributed by atoms with E-state index in [2.05, 4.69) is 6.92 Å². The molecule has 0 aromatic heterocycles. The molecule has 59 valence electrons. The Labute approximate surface area is 62.6 Å². The van der Waals surface area contributed by atoms with E-state index in [0.717, 1.165) is 6.42 Å². The van der Waals surface area contributed by atoms with Crippen LogP contribution >= 0.6 is 0 Å². The highest BCUT2D eigenvalue weighted by Gasteiger charge is 2.04. The fourth-order valence-corrected chi connectivity index (χ4v) is 0.511. The summed E-state index contributed by atoms with van der Waals surface area (Å²) in [7, 11) is 0. The summed E-state index contributed by atoms with van der Waals surface area (Å²) in [5, 5.41) is 0. The highest BCUT2D eigenvalue weighted by atomic mass is 16.5. The molecule has 0 rings (SSSR count). The first-order valence-corrected chi connectivity index (χ1v) is 3.69. The minimum Gasteiger partial charge on any atom is -0.463 e. The zero-order chi connectivity index (χ0) is 7.98. The molecule has 0 spiro atoms. The summed E-state index contributed by atoms with van der Waals surface area (Å²) in [6.45, 7) is 7.44. The standard InChI is InChI=1S/C8H15O2/c1-4-6-8(9)10-7(3)5-2/h7H,1,4-6H2,2-3H3. The molecule has 0 saturated carbocycles. The SMILES string of the molecule is [CH2]CCC(=O)OC(C)CC. The molecule has 0 aliphatic heterocycles.